The molecule has 0 aromatic heterocycles. The van der Waals surface area contributed by atoms with E-state index in [4.69, 9.17) is 5.11 Å². The molecule has 3 N–H and O–H groups in total. The molecule has 8 heteroatoms. The Morgan fingerprint density at radius 1 is 1.37 bits per heavy atom. The second-order valence-electron chi connectivity index (χ2n) is 5.22. The Bertz CT molecular complexity index is 378. The lowest BCUT2D eigenvalue weighted by molar-refractivity contribution is -0.208. The lowest BCUT2D eigenvalue weighted by atomic mass is 9.81. The maximum Gasteiger partial charge on any atom is 0.422 e. The van der Waals surface area contributed by atoms with Crippen LogP contribution in [0.25, 0.3) is 0 Å². The summed E-state index contributed by atoms with van der Waals surface area (Å²) in [6, 6.07) is 0. The Kier molecular flexibility index (Phi) is 4.14. The van der Waals surface area contributed by atoms with Gasteiger partial charge in [0.1, 0.15) is 0 Å². The van der Waals surface area contributed by atoms with Crippen LogP contribution >= 0.6 is 0 Å². The van der Waals surface area contributed by atoms with Gasteiger partial charge >= 0.3 is 12.1 Å². The zero-order valence-corrected chi connectivity index (χ0v) is 10.7. The first-order chi connectivity index (χ1) is 8.53. The number of hydrogen-bond acceptors (Lipinski definition) is 3. The van der Waals surface area contributed by atoms with E-state index in [9.17, 15) is 22.8 Å². The quantitative estimate of drug-likeness (QED) is 0.718. The summed E-state index contributed by atoms with van der Waals surface area (Å²) in [7, 11) is 0. The molecule has 2 atom stereocenters. The molecule has 1 rings (SSSR count). The van der Waals surface area contributed by atoms with E-state index in [0.29, 0.717) is 26.3 Å². The number of piperidine rings is 1. The highest BCUT2D eigenvalue weighted by Crippen LogP contribution is 2.33. The molecule has 0 aromatic rings. The van der Waals surface area contributed by atoms with E-state index in [0.717, 1.165) is 0 Å². The van der Waals surface area contributed by atoms with Crippen molar-refractivity contribution in [3.05, 3.63) is 0 Å². The van der Waals surface area contributed by atoms with Gasteiger partial charge in [-0.3, -0.25) is 4.79 Å². The zero-order chi connectivity index (χ0) is 14.9. The SMILES string of the molecule is CC1(C(=O)NC(C)(C(=O)O)C(F)(F)F)CCCNC1. The number of nitrogens with one attached hydrogen (secondary N) is 2. The molecule has 19 heavy (non-hydrogen) atoms. The zero-order valence-electron chi connectivity index (χ0n) is 10.7. The van der Waals surface area contributed by atoms with Gasteiger partial charge in [0.05, 0.1) is 5.41 Å². The predicted octanol–water partition coefficient (Wildman–Crippen LogP) is 0.898. The summed E-state index contributed by atoms with van der Waals surface area (Å²) in [5, 5.41) is 13.3. The monoisotopic (exact) mass is 282 g/mol. The van der Waals surface area contributed by atoms with Crippen LogP contribution in [-0.4, -0.2) is 41.8 Å². The molecule has 1 aliphatic heterocycles. The van der Waals surface area contributed by atoms with Crippen molar-refractivity contribution < 1.29 is 27.9 Å². The number of rotatable bonds is 3. The maximum atomic E-state index is 12.8. The third kappa shape index (κ3) is 2.99. The van der Waals surface area contributed by atoms with E-state index in [1.54, 1.807) is 5.32 Å². The molecule has 1 heterocycles. The van der Waals surface area contributed by atoms with Crippen molar-refractivity contribution in [2.75, 3.05) is 13.1 Å². The van der Waals surface area contributed by atoms with Crippen LogP contribution < -0.4 is 10.6 Å². The van der Waals surface area contributed by atoms with Crippen molar-refractivity contribution >= 4 is 11.9 Å². The summed E-state index contributed by atoms with van der Waals surface area (Å²) in [6.07, 6.45) is -3.99. The van der Waals surface area contributed by atoms with E-state index in [2.05, 4.69) is 5.32 Å². The molecule has 1 saturated heterocycles. The van der Waals surface area contributed by atoms with Gasteiger partial charge in [-0.25, -0.2) is 4.79 Å². The lowest BCUT2D eigenvalue weighted by Crippen LogP contribution is -2.65. The molecule has 1 aliphatic rings. The second kappa shape index (κ2) is 4.99. The number of hydrogen-bond donors (Lipinski definition) is 3. The van der Waals surface area contributed by atoms with Crippen molar-refractivity contribution in [1.82, 2.24) is 10.6 Å². The fourth-order valence-electron chi connectivity index (χ4n) is 1.87. The van der Waals surface area contributed by atoms with E-state index >= 15 is 0 Å². The van der Waals surface area contributed by atoms with E-state index < -0.39 is 29.0 Å². The van der Waals surface area contributed by atoms with E-state index in [1.165, 1.54) is 6.92 Å². The van der Waals surface area contributed by atoms with Gasteiger partial charge in [-0.2, -0.15) is 13.2 Å². The van der Waals surface area contributed by atoms with Crippen LogP contribution in [0.15, 0.2) is 0 Å². The fourth-order valence-corrected chi connectivity index (χ4v) is 1.87. The predicted molar refractivity (Wildman–Crippen MR) is 60.4 cm³/mol. The number of halogens is 3. The van der Waals surface area contributed by atoms with Gasteiger partial charge in [0.15, 0.2) is 0 Å². The standard InChI is InChI=1S/C11H17F3N2O3/c1-9(4-3-5-15-6-9)7(17)16-10(2,8(18)19)11(12,13)14/h15H,3-6H2,1-2H3,(H,16,17)(H,18,19). The molecule has 110 valence electrons. The average Bonchev–Trinajstić information content (AvgIpc) is 2.28. The number of alkyl halides is 3. The van der Waals surface area contributed by atoms with Gasteiger partial charge in [-0.1, -0.05) is 0 Å². The Morgan fingerprint density at radius 2 is 1.95 bits per heavy atom. The highest BCUT2D eigenvalue weighted by molar-refractivity contribution is 5.90. The number of carboxylic acids is 1. The lowest BCUT2D eigenvalue weighted by Gasteiger charge is -2.37. The summed E-state index contributed by atoms with van der Waals surface area (Å²) in [5.74, 6) is -3.03. The van der Waals surface area contributed by atoms with Gasteiger partial charge in [-0.15, -0.1) is 0 Å². The largest absolute Gasteiger partial charge is 0.479 e. The van der Waals surface area contributed by atoms with Crippen molar-refractivity contribution in [1.29, 1.82) is 0 Å². The minimum absolute atomic E-state index is 0.229. The molecule has 1 amide bonds. The van der Waals surface area contributed by atoms with Crippen LogP contribution in [0.1, 0.15) is 26.7 Å². The number of amides is 1. The molecule has 5 nitrogen and oxygen atoms in total. The first-order valence-electron chi connectivity index (χ1n) is 5.86. The first kappa shape index (κ1) is 15.7. The molecule has 2 unspecified atom stereocenters. The van der Waals surface area contributed by atoms with Crippen molar-refractivity contribution in [2.24, 2.45) is 5.41 Å². The van der Waals surface area contributed by atoms with Crippen molar-refractivity contribution in [2.45, 2.75) is 38.4 Å². The van der Waals surface area contributed by atoms with Crippen LogP contribution in [0, 0.1) is 5.41 Å². The van der Waals surface area contributed by atoms with Crippen molar-refractivity contribution in [3.63, 3.8) is 0 Å². The van der Waals surface area contributed by atoms with Gasteiger partial charge in [-0.05, 0) is 33.2 Å². The van der Waals surface area contributed by atoms with Crippen LogP contribution in [0.4, 0.5) is 13.2 Å². The van der Waals surface area contributed by atoms with Crippen molar-refractivity contribution in [3.8, 4) is 0 Å². The molecule has 0 aliphatic carbocycles. The third-order valence-electron chi connectivity index (χ3n) is 3.50. The minimum Gasteiger partial charge on any atom is -0.479 e. The smallest absolute Gasteiger partial charge is 0.422 e. The molecule has 0 aromatic carbocycles. The number of carbonyl (C=O) groups excluding carboxylic acids is 1. The molecule has 0 saturated carbocycles. The third-order valence-corrected chi connectivity index (χ3v) is 3.50. The average molecular weight is 282 g/mol. The Morgan fingerprint density at radius 3 is 2.32 bits per heavy atom. The van der Waals surface area contributed by atoms with E-state index in [1.807, 2.05) is 0 Å². The van der Waals surface area contributed by atoms with Crippen LogP contribution in [0.5, 0.6) is 0 Å². The van der Waals surface area contributed by atoms with Crippen LogP contribution in [-0.2, 0) is 9.59 Å². The molecule has 1 fully saturated rings. The highest BCUT2D eigenvalue weighted by atomic mass is 19.4. The topological polar surface area (TPSA) is 78.4 Å². The van der Waals surface area contributed by atoms with E-state index in [-0.39, 0.29) is 6.54 Å². The summed E-state index contributed by atoms with van der Waals surface area (Å²) < 4.78 is 38.4. The van der Waals surface area contributed by atoms with Gasteiger partial charge < -0.3 is 15.7 Å². The summed E-state index contributed by atoms with van der Waals surface area (Å²) in [4.78, 5) is 22.8. The van der Waals surface area contributed by atoms with Crippen LogP contribution in [0.2, 0.25) is 0 Å². The summed E-state index contributed by atoms with van der Waals surface area (Å²) >= 11 is 0. The Balaban J connectivity index is 2.92. The fraction of sp³-hybridized carbons (Fsp3) is 0.818. The Labute approximate surface area is 108 Å². The minimum atomic E-state index is -5.06. The molecular weight excluding hydrogens is 265 g/mol. The van der Waals surface area contributed by atoms with Gasteiger partial charge in [0.2, 0.25) is 11.4 Å². The summed E-state index contributed by atoms with van der Waals surface area (Å²) in [6.45, 7) is 2.89. The number of aliphatic carboxylic acids is 1. The molecule has 0 bridgehead atoms. The first-order valence-corrected chi connectivity index (χ1v) is 5.86. The normalized spacial score (nSPS) is 27.4. The number of carbonyl (C=O) groups is 2. The van der Waals surface area contributed by atoms with Gasteiger partial charge in [0.25, 0.3) is 0 Å². The van der Waals surface area contributed by atoms with Gasteiger partial charge in [0, 0.05) is 6.54 Å². The molecule has 0 spiro atoms. The maximum absolute atomic E-state index is 12.8. The highest BCUT2D eigenvalue weighted by Gasteiger charge is 2.59. The number of carboxylic acid groups (broad SMARTS) is 1. The second-order valence-corrected chi connectivity index (χ2v) is 5.22. The Hall–Kier alpha value is -1.31. The molecule has 0 radical (unpaired) electrons. The summed E-state index contributed by atoms with van der Waals surface area (Å²) in [5.41, 5.74) is -4.30. The molecular formula is C11H17F3N2O3. The van der Waals surface area contributed by atoms with Crippen LogP contribution in [0.3, 0.4) is 0 Å².